The van der Waals surface area contributed by atoms with E-state index in [0.29, 0.717) is 5.92 Å². The van der Waals surface area contributed by atoms with Crippen molar-refractivity contribution in [2.45, 2.75) is 39.7 Å². The van der Waals surface area contributed by atoms with Gasteiger partial charge in [-0.1, -0.05) is 32.4 Å². The Morgan fingerprint density at radius 2 is 2.11 bits per heavy atom. The summed E-state index contributed by atoms with van der Waals surface area (Å²) in [5, 5.41) is 5.66. The minimum Gasteiger partial charge on any atom is -0.312 e. The van der Waals surface area contributed by atoms with Gasteiger partial charge in [0.15, 0.2) is 0 Å². The van der Waals surface area contributed by atoms with Crippen LogP contribution in [-0.2, 0) is 6.54 Å². The molecule has 0 aliphatic heterocycles. The molecule has 0 bridgehead atoms. The van der Waals surface area contributed by atoms with E-state index >= 15 is 0 Å². The smallest absolute Gasteiger partial charge is 0.0413 e. The topological polar surface area (TPSA) is 12.0 Å². The maximum atomic E-state index is 6.12. The molecule has 1 N–H and O–H groups in total. The number of halogens is 1. The molecule has 18 heavy (non-hydrogen) atoms. The number of hydrogen-bond donors (Lipinski definition) is 1. The normalized spacial score (nSPS) is 11.6. The zero-order chi connectivity index (χ0) is 13.1. The van der Waals surface area contributed by atoms with Crippen LogP contribution in [0.5, 0.6) is 0 Å². The van der Waals surface area contributed by atoms with E-state index in [2.05, 4.69) is 38.2 Å². The first kappa shape index (κ1) is 13.9. The van der Waals surface area contributed by atoms with Gasteiger partial charge < -0.3 is 5.32 Å². The predicted octanol–water partition coefficient (Wildman–Crippen LogP) is 5.18. The van der Waals surface area contributed by atoms with Crippen LogP contribution in [-0.4, -0.2) is 6.54 Å². The molecule has 0 atom stereocenters. The number of hydrogen-bond acceptors (Lipinski definition) is 2. The van der Waals surface area contributed by atoms with Crippen LogP contribution in [0.2, 0.25) is 5.02 Å². The molecule has 0 fully saturated rings. The van der Waals surface area contributed by atoms with Crippen molar-refractivity contribution in [2.24, 2.45) is 0 Å². The second-order valence-electron chi connectivity index (χ2n) is 4.91. The monoisotopic (exact) mass is 281 g/mol. The molecule has 3 heteroatoms. The molecule has 0 saturated heterocycles. The van der Waals surface area contributed by atoms with E-state index in [9.17, 15) is 0 Å². The van der Waals surface area contributed by atoms with Crippen molar-refractivity contribution < 1.29 is 0 Å². The summed E-state index contributed by atoms with van der Waals surface area (Å²) in [6.07, 6.45) is 1.17. The van der Waals surface area contributed by atoms with Gasteiger partial charge in [-0.3, -0.25) is 0 Å². The Kier molecular flexibility index (Phi) is 4.66. The molecule has 1 aromatic heterocycles. The van der Waals surface area contributed by atoms with Crippen molar-refractivity contribution >= 4 is 33.0 Å². The van der Waals surface area contributed by atoms with E-state index < -0.39 is 0 Å². The lowest BCUT2D eigenvalue weighted by molar-refractivity contribution is 0.675. The highest BCUT2D eigenvalue weighted by molar-refractivity contribution is 7.19. The molecule has 1 heterocycles. The molecule has 1 aromatic carbocycles. The number of rotatable bonds is 5. The zero-order valence-electron chi connectivity index (χ0n) is 11.2. The molecule has 0 amide bonds. The fourth-order valence-electron chi connectivity index (χ4n) is 2.28. The number of nitrogens with one attached hydrogen (secondary N) is 1. The second kappa shape index (κ2) is 6.05. The fraction of sp³-hybridized carbons (Fsp3) is 0.467. The van der Waals surface area contributed by atoms with Gasteiger partial charge in [-0.05, 0) is 48.0 Å². The lowest BCUT2D eigenvalue weighted by Crippen LogP contribution is -2.14. The van der Waals surface area contributed by atoms with Gasteiger partial charge in [0, 0.05) is 21.1 Å². The van der Waals surface area contributed by atoms with Crippen LogP contribution in [0.25, 0.3) is 10.1 Å². The first-order valence-electron chi connectivity index (χ1n) is 6.55. The van der Waals surface area contributed by atoms with Gasteiger partial charge in [-0.2, -0.15) is 0 Å². The summed E-state index contributed by atoms with van der Waals surface area (Å²) in [5.74, 6) is 0.538. The van der Waals surface area contributed by atoms with Crippen LogP contribution in [0, 0.1) is 0 Å². The Balaban J connectivity index is 2.41. The number of benzene rings is 1. The van der Waals surface area contributed by atoms with E-state index in [1.807, 2.05) is 17.4 Å². The summed E-state index contributed by atoms with van der Waals surface area (Å²) >= 11 is 8.01. The van der Waals surface area contributed by atoms with E-state index in [-0.39, 0.29) is 0 Å². The Bertz CT molecular complexity index is 531. The van der Waals surface area contributed by atoms with Crippen molar-refractivity contribution in [1.82, 2.24) is 5.32 Å². The molecular formula is C15H20ClNS. The molecule has 0 radical (unpaired) electrons. The highest BCUT2D eigenvalue weighted by Gasteiger charge is 2.14. The highest BCUT2D eigenvalue weighted by Crippen LogP contribution is 2.37. The third-order valence-electron chi connectivity index (χ3n) is 3.06. The summed E-state index contributed by atoms with van der Waals surface area (Å²) in [6.45, 7) is 8.75. The molecule has 2 aromatic rings. The van der Waals surface area contributed by atoms with Crippen LogP contribution in [0.1, 0.15) is 43.6 Å². The van der Waals surface area contributed by atoms with Crippen LogP contribution in [0.3, 0.4) is 0 Å². The minimum atomic E-state index is 0.538. The first-order valence-corrected chi connectivity index (χ1v) is 7.74. The molecule has 0 unspecified atom stereocenters. The lowest BCUT2D eigenvalue weighted by atomic mass is 9.99. The molecule has 0 aliphatic rings. The Hall–Kier alpha value is -0.570. The van der Waals surface area contributed by atoms with Crippen molar-refractivity contribution in [2.75, 3.05) is 6.54 Å². The summed E-state index contributed by atoms with van der Waals surface area (Å²) in [4.78, 5) is 1.45. The summed E-state index contributed by atoms with van der Waals surface area (Å²) in [6, 6.07) is 6.22. The quantitative estimate of drug-likeness (QED) is 0.745. The maximum absolute atomic E-state index is 6.12. The first-order chi connectivity index (χ1) is 8.63. The Morgan fingerprint density at radius 1 is 1.33 bits per heavy atom. The van der Waals surface area contributed by atoms with E-state index in [1.165, 1.54) is 26.9 Å². The second-order valence-corrected chi connectivity index (χ2v) is 6.48. The van der Waals surface area contributed by atoms with E-state index in [1.54, 1.807) is 0 Å². The van der Waals surface area contributed by atoms with Gasteiger partial charge in [-0.15, -0.1) is 11.3 Å². The molecule has 2 rings (SSSR count). The number of fused-ring (bicyclic) bond motifs is 1. The van der Waals surface area contributed by atoms with Crippen LogP contribution >= 0.6 is 22.9 Å². The van der Waals surface area contributed by atoms with Crippen LogP contribution in [0.4, 0.5) is 0 Å². The van der Waals surface area contributed by atoms with Gasteiger partial charge in [0.1, 0.15) is 0 Å². The third-order valence-corrected chi connectivity index (χ3v) is 4.48. The molecular weight excluding hydrogens is 262 g/mol. The predicted molar refractivity (Wildman–Crippen MR) is 82.9 cm³/mol. The van der Waals surface area contributed by atoms with Crippen LogP contribution in [0.15, 0.2) is 18.2 Å². The van der Waals surface area contributed by atoms with E-state index in [0.717, 1.165) is 18.1 Å². The summed E-state index contributed by atoms with van der Waals surface area (Å²) in [7, 11) is 0. The van der Waals surface area contributed by atoms with Gasteiger partial charge in [0.05, 0.1) is 0 Å². The lowest BCUT2D eigenvalue weighted by Gasteiger charge is -2.09. The average molecular weight is 282 g/mol. The van der Waals surface area contributed by atoms with E-state index in [4.69, 9.17) is 11.6 Å². The van der Waals surface area contributed by atoms with Gasteiger partial charge >= 0.3 is 0 Å². The van der Waals surface area contributed by atoms with Crippen molar-refractivity contribution in [3.63, 3.8) is 0 Å². The average Bonchev–Trinajstić information content (AvgIpc) is 2.67. The molecule has 0 aliphatic carbocycles. The SMILES string of the molecule is CCCNCc1sc2ccc(Cl)cc2c1C(C)C. The van der Waals surface area contributed by atoms with Gasteiger partial charge in [-0.25, -0.2) is 0 Å². The van der Waals surface area contributed by atoms with Gasteiger partial charge in [0.2, 0.25) is 0 Å². The standard InChI is InChI=1S/C15H20ClNS/c1-4-7-17-9-14-15(10(2)3)12-8-11(16)5-6-13(12)18-14/h5-6,8,10,17H,4,7,9H2,1-3H3. The fourth-order valence-corrected chi connectivity index (χ4v) is 3.76. The largest absolute Gasteiger partial charge is 0.312 e. The Morgan fingerprint density at radius 3 is 2.78 bits per heavy atom. The van der Waals surface area contributed by atoms with Crippen molar-refractivity contribution in [3.8, 4) is 0 Å². The van der Waals surface area contributed by atoms with Gasteiger partial charge in [0.25, 0.3) is 0 Å². The van der Waals surface area contributed by atoms with Crippen molar-refractivity contribution in [3.05, 3.63) is 33.7 Å². The molecule has 0 spiro atoms. The Labute approximate surface area is 118 Å². The third kappa shape index (κ3) is 2.87. The summed E-state index contributed by atoms with van der Waals surface area (Å²) in [5.41, 5.74) is 1.46. The molecule has 1 nitrogen and oxygen atoms in total. The maximum Gasteiger partial charge on any atom is 0.0413 e. The molecule has 98 valence electrons. The van der Waals surface area contributed by atoms with Crippen molar-refractivity contribution in [1.29, 1.82) is 0 Å². The zero-order valence-corrected chi connectivity index (χ0v) is 12.8. The molecule has 0 saturated carbocycles. The van der Waals surface area contributed by atoms with Crippen LogP contribution < -0.4 is 5.32 Å². The highest BCUT2D eigenvalue weighted by atomic mass is 35.5. The minimum absolute atomic E-state index is 0.538. The summed E-state index contributed by atoms with van der Waals surface area (Å²) < 4.78 is 1.34. The number of thiophene rings is 1.